The summed E-state index contributed by atoms with van der Waals surface area (Å²) in [4.78, 5) is 4.29. The standard InChI is InChI=1S/C25H16F3NO/c1-2-30-20-9-12-24(29-15-20)19-7-6-17(23(27)14-19)5-3-16-4-10-21-18(13-16)8-11-22(26)25(21)28/h4,6-15H,2H2,1H3. The lowest BCUT2D eigenvalue weighted by Gasteiger charge is -2.05. The summed E-state index contributed by atoms with van der Waals surface area (Å²) in [7, 11) is 0. The predicted octanol–water partition coefficient (Wildman–Crippen LogP) is 6.12. The summed E-state index contributed by atoms with van der Waals surface area (Å²) >= 11 is 0. The molecule has 0 saturated heterocycles. The van der Waals surface area contributed by atoms with E-state index in [2.05, 4.69) is 16.8 Å². The summed E-state index contributed by atoms with van der Waals surface area (Å²) in [5, 5.41) is 0.706. The minimum Gasteiger partial charge on any atom is -0.492 e. The Labute approximate surface area is 172 Å². The number of benzene rings is 3. The van der Waals surface area contributed by atoms with Crippen LogP contribution in [0, 0.1) is 29.3 Å². The fourth-order valence-electron chi connectivity index (χ4n) is 3.06. The van der Waals surface area contributed by atoms with Crippen molar-refractivity contribution in [3.8, 4) is 28.8 Å². The van der Waals surface area contributed by atoms with E-state index in [0.717, 1.165) is 6.07 Å². The molecule has 1 heterocycles. The third-order valence-electron chi connectivity index (χ3n) is 4.56. The molecule has 0 N–H and O–H groups in total. The van der Waals surface area contributed by atoms with E-state index < -0.39 is 17.5 Å². The van der Waals surface area contributed by atoms with Gasteiger partial charge >= 0.3 is 0 Å². The van der Waals surface area contributed by atoms with Gasteiger partial charge in [-0.15, -0.1) is 0 Å². The predicted molar refractivity (Wildman–Crippen MR) is 111 cm³/mol. The zero-order chi connectivity index (χ0) is 21.1. The molecule has 4 rings (SSSR count). The van der Waals surface area contributed by atoms with E-state index in [1.807, 2.05) is 6.92 Å². The van der Waals surface area contributed by atoms with E-state index in [9.17, 15) is 13.2 Å². The highest BCUT2D eigenvalue weighted by Gasteiger charge is 2.07. The lowest BCUT2D eigenvalue weighted by molar-refractivity contribution is 0.339. The number of rotatable bonds is 3. The van der Waals surface area contributed by atoms with E-state index in [1.165, 1.54) is 18.2 Å². The first-order chi connectivity index (χ1) is 14.5. The van der Waals surface area contributed by atoms with Crippen LogP contribution in [-0.4, -0.2) is 11.6 Å². The molecule has 0 radical (unpaired) electrons. The third-order valence-corrected chi connectivity index (χ3v) is 4.56. The van der Waals surface area contributed by atoms with Gasteiger partial charge in [-0.2, -0.15) is 0 Å². The SMILES string of the molecule is CCOc1ccc(-c2ccc(C#Cc3ccc4c(F)c(F)ccc4c3)c(F)c2)nc1. The summed E-state index contributed by atoms with van der Waals surface area (Å²) in [5.41, 5.74) is 2.06. The van der Waals surface area contributed by atoms with Gasteiger partial charge in [-0.25, -0.2) is 13.2 Å². The maximum absolute atomic E-state index is 14.5. The van der Waals surface area contributed by atoms with Gasteiger partial charge in [0.2, 0.25) is 0 Å². The molecule has 30 heavy (non-hydrogen) atoms. The molecule has 5 heteroatoms. The number of ether oxygens (including phenoxy) is 1. The van der Waals surface area contributed by atoms with Crippen molar-refractivity contribution >= 4 is 10.8 Å². The van der Waals surface area contributed by atoms with Crippen LogP contribution in [0.5, 0.6) is 5.75 Å². The minimum atomic E-state index is -0.898. The van der Waals surface area contributed by atoms with Crippen molar-refractivity contribution in [1.29, 1.82) is 0 Å². The highest BCUT2D eigenvalue weighted by atomic mass is 19.2. The molecule has 3 aromatic carbocycles. The topological polar surface area (TPSA) is 22.1 Å². The normalized spacial score (nSPS) is 10.5. The van der Waals surface area contributed by atoms with Crippen molar-refractivity contribution in [1.82, 2.24) is 4.98 Å². The summed E-state index contributed by atoms with van der Waals surface area (Å²) in [6, 6.07) is 15.5. The number of hydrogen-bond donors (Lipinski definition) is 0. The van der Waals surface area contributed by atoms with Crippen molar-refractivity contribution in [2.75, 3.05) is 6.61 Å². The number of hydrogen-bond acceptors (Lipinski definition) is 2. The molecule has 0 amide bonds. The van der Waals surface area contributed by atoms with Gasteiger partial charge in [0, 0.05) is 16.5 Å². The number of aromatic nitrogens is 1. The maximum atomic E-state index is 14.5. The number of halogens is 3. The van der Waals surface area contributed by atoms with Crippen LogP contribution in [0.2, 0.25) is 0 Å². The summed E-state index contributed by atoms with van der Waals surface area (Å²) in [6.07, 6.45) is 1.60. The van der Waals surface area contributed by atoms with Crippen LogP contribution >= 0.6 is 0 Å². The van der Waals surface area contributed by atoms with Crippen molar-refractivity contribution in [2.24, 2.45) is 0 Å². The van der Waals surface area contributed by atoms with Gasteiger partial charge in [0.1, 0.15) is 11.6 Å². The molecule has 2 nitrogen and oxygen atoms in total. The van der Waals surface area contributed by atoms with Gasteiger partial charge in [-0.3, -0.25) is 4.98 Å². The van der Waals surface area contributed by atoms with E-state index >= 15 is 0 Å². The third kappa shape index (κ3) is 3.99. The second-order valence-electron chi connectivity index (χ2n) is 6.55. The van der Waals surface area contributed by atoms with Crippen LogP contribution in [0.4, 0.5) is 13.2 Å². The molecular weight excluding hydrogens is 387 g/mol. The first-order valence-electron chi connectivity index (χ1n) is 9.33. The monoisotopic (exact) mass is 403 g/mol. The number of pyridine rings is 1. The Morgan fingerprint density at radius 1 is 0.867 bits per heavy atom. The molecular formula is C25H16F3NO. The fraction of sp³-hybridized carbons (Fsp3) is 0.0800. The minimum absolute atomic E-state index is 0.180. The van der Waals surface area contributed by atoms with Crippen molar-refractivity contribution in [2.45, 2.75) is 6.92 Å². The molecule has 0 aliphatic carbocycles. The average Bonchev–Trinajstić information content (AvgIpc) is 2.76. The molecule has 0 atom stereocenters. The summed E-state index contributed by atoms with van der Waals surface area (Å²) in [6.45, 7) is 2.44. The van der Waals surface area contributed by atoms with Crippen molar-refractivity contribution in [3.63, 3.8) is 0 Å². The highest BCUT2D eigenvalue weighted by Crippen LogP contribution is 2.23. The second-order valence-corrected chi connectivity index (χ2v) is 6.55. The van der Waals surface area contributed by atoms with Gasteiger partial charge in [0.05, 0.1) is 24.1 Å². The Morgan fingerprint density at radius 3 is 2.47 bits per heavy atom. The first-order valence-corrected chi connectivity index (χ1v) is 9.33. The molecule has 1 aromatic heterocycles. The Morgan fingerprint density at radius 2 is 1.73 bits per heavy atom. The lowest BCUT2D eigenvalue weighted by atomic mass is 10.1. The number of fused-ring (bicyclic) bond motifs is 1. The molecule has 0 unspecified atom stereocenters. The smallest absolute Gasteiger partial charge is 0.166 e. The fourth-order valence-corrected chi connectivity index (χ4v) is 3.06. The molecule has 0 saturated carbocycles. The van der Waals surface area contributed by atoms with Crippen LogP contribution in [0.25, 0.3) is 22.0 Å². The van der Waals surface area contributed by atoms with E-state index in [-0.39, 0.29) is 10.9 Å². The van der Waals surface area contributed by atoms with Crippen LogP contribution < -0.4 is 4.74 Å². The molecule has 0 fully saturated rings. The number of nitrogens with zero attached hydrogens (tertiary/aromatic N) is 1. The Balaban J connectivity index is 1.60. The Kier molecular flexibility index (Phi) is 5.40. The van der Waals surface area contributed by atoms with Gasteiger partial charge in [0.25, 0.3) is 0 Å². The Bertz CT molecular complexity index is 1290. The average molecular weight is 403 g/mol. The van der Waals surface area contributed by atoms with Crippen LogP contribution in [0.3, 0.4) is 0 Å². The van der Waals surface area contributed by atoms with Gasteiger partial charge in [-0.1, -0.05) is 30.0 Å². The molecule has 0 aliphatic heterocycles. The quantitative estimate of drug-likeness (QED) is 0.385. The Hall–Kier alpha value is -3.78. The highest BCUT2D eigenvalue weighted by molar-refractivity contribution is 5.84. The van der Waals surface area contributed by atoms with E-state index in [1.54, 1.807) is 42.6 Å². The molecule has 148 valence electrons. The van der Waals surface area contributed by atoms with E-state index in [4.69, 9.17) is 4.74 Å². The first kappa shape index (κ1) is 19.5. The zero-order valence-electron chi connectivity index (χ0n) is 16.0. The molecule has 0 bridgehead atoms. The van der Waals surface area contributed by atoms with Gasteiger partial charge < -0.3 is 4.74 Å². The van der Waals surface area contributed by atoms with Crippen molar-refractivity contribution < 1.29 is 17.9 Å². The van der Waals surface area contributed by atoms with Crippen molar-refractivity contribution in [3.05, 3.63) is 95.4 Å². The summed E-state index contributed by atoms with van der Waals surface area (Å²) < 4.78 is 47.0. The molecule has 4 aromatic rings. The second kappa shape index (κ2) is 8.30. The molecule has 0 aliphatic rings. The van der Waals surface area contributed by atoms with Gasteiger partial charge in [-0.05, 0) is 54.8 Å². The maximum Gasteiger partial charge on any atom is 0.166 e. The summed E-state index contributed by atoms with van der Waals surface area (Å²) in [5.74, 6) is 4.06. The van der Waals surface area contributed by atoms with Crippen LogP contribution in [0.1, 0.15) is 18.1 Å². The van der Waals surface area contributed by atoms with E-state index in [0.29, 0.717) is 34.6 Å². The lowest BCUT2D eigenvalue weighted by Crippen LogP contribution is -1.93. The van der Waals surface area contributed by atoms with Crippen LogP contribution in [0.15, 0.2) is 66.9 Å². The zero-order valence-corrected chi connectivity index (χ0v) is 16.0. The van der Waals surface area contributed by atoms with Gasteiger partial charge in [0.15, 0.2) is 11.6 Å². The molecule has 0 spiro atoms. The van der Waals surface area contributed by atoms with Crippen LogP contribution in [-0.2, 0) is 0 Å². The largest absolute Gasteiger partial charge is 0.492 e.